The molecule has 0 heterocycles. The Labute approximate surface area is 134 Å². The van der Waals surface area contributed by atoms with Gasteiger partial charge in [0.1, 0.15) is 5.82 Å². The van der Waals surface area contributed by atoms with Crippen LogP contribution in [0.4, 0.5) is 22.0 Å². The number of rotatable bonds is 4. The zero-order valence-corrected chi connectivity index (χ0v) is 12.7. The maximum atomic E-state index is 13.7. The van der Waals surface area contributed by atoms with Crippen molar-refractivity contribution in [3.8, 4) is 0 Å². The molecular formula is C12H12Cl2F5NO2. The fraction of sp³-hybridized carbons (Fsp3) is 0.417. The van der Waals surface area contributed by atoms with Crippen LogP contribution in [0.1, 0.15) is 24.1 Å². The maximum absolute atomic E-state index is 13.7. The van der Waals surface area contributed by atoms with Crippen LogP contribution in [0.2, 0.25) is 5.02 Å². The lowest BCUT2D eigenvalue weighted by Crippen LogP contribution is -2.32. The van der Waals surface area contributed by atoms with E-state index in [9.17, 15) is 26.7 Å². The summed E-state index contributed by atoms with van der Waals surface area (Å²) in [7, 11) is 0. The predicted octanol–water partition coefficient (Wildman–Crippen LogP) is 3.82. The summed E-state index contributed by atoms with van der Waals surface area (Å²) in [5, 5.41) is -0.869. The van der Waals surface area contributed by atoms with Crippen molar-refractivity contribution in [2.45, 2.75) is 25.3 Å². The third kappa shape index (κ3) is 4.69. The van der Waals surface area contributed by atoms with Crippen LogP contribution in [0.25, 0.3) is 0 Å². The topological polar surface area (TPSA) is 52.3 Å². The lowest BCUT2D eigenvalue weighted by Gasteiger charge is -2.18. The molecule has 0 aliphatic heterocycles. The SMILES string of the molecule is CCOC(=O)C(F)[C@@H](N)c1cc(C(F)(F)F)cc(Cl)c1F.Cl. The second-order valence-corrected chi connectivity index (χ2v) is 4.45. The Morgan fingerprint density at radius 1 is 1.41 bits per heavy atom. The molecule has 126 valence electrons. The highest BCUT2D eigenvalue weighted by Crippen LogP contribution is 2.35. The second kappa shape index (κ2) is 7.94. The fourth-order valence-electron chi connectivity index (χ4n) is 1.54. The molecule has 2 N–H and O–H groups in total. The highest BCUT2D eigenvalue weighted by atomic mass is 35.5. The van der Waals surface area contributed by atoms with Crippen molar-refractivity contribution in [1.29, 1.82) is 0 Å². The predicted molar refractivity (Wildman–Crippen MR) is 72.1 cm³/mol. The zero-order valence-electron chi connectivity index (χ0n) is 11.1. The molecule has 3 nitrogen and oxygen atoms in total. The van der Waals surface area contributed by atoms with Crippen LogP contribution >= 0.6 is 24.0 Å². The molecule has 0 aliphatic rings. The van der Waals surface area contributed by atoms with Crippen LogP contribution in [-0.2, 0) is 15.7 Å². The van der Waals surface area contributed by atoms with Crippen LogP contribution in [0.5, 0.6) is 0 Å². The van der Waals surface area contributed by atoms with Crippen LogP contribution in [0.15, 0.2) is 12.1 Å². The van der Waals surface area contributed by atoms with Gasteiger partial charge in [0, 0.05) is 5.56 Å². The van der Waals surface area contributed by atoms with E-state index in [-0.39, 0.29) is 19.0 Å². The third-order valence-corrected chi connectivity index (χ3v) is 2.84. The van der Waals surface area contributed by atoms with Gasteiger partial charge in [-0.3, -0.25) is 0 Å². The normalized spacial score (nSPS) is 14.0. The number of hydrogen-bond acceptors (Lipinski definition) is 3. The van der Waals surface area contributed by atoms with Crippen LogP contribution in [0, 0.1) is 5.82 Å². The van der Waals surface area contributed by atoms with E-state index in [1.165, 1.54) is 6.92 Å². The first kappa shape index (κ1) is 20.9. The molecule has 2 atom stereocenters. The Balaban J connectivity index is 0.00000441. The Morgan fingerprint density at radius 3 is 2.41 bits per heavy atom. The van der Waals surface area contributed by atoms with Crippen LogP contribution in [-0.4, -0.2) is 18.7 Å². The number of hydrogen-bond donors (Lipinski definition) is 1. The summed E-state index contributed by atoms with van der Waals surface area (Å²) in [5.74, 6) is -2.71. The fourth-order valence-corrected chi connectivity index (χ4v) is 1.77. The molecular weight excluding hydrogens is 356 g/mol. The molecule has 22 heavy (non-hydrogen) atoms. The van der Waals surface area contributed by atoms with Gasteiger partial charge >= 0.3 is 12.1 Å². The first-order chi connectivity index (χ1) is 9.59. The minimum absolute atomic E-state index is 0. The molecule has 0 fully saturated rings. The van der Waals surface area contributed by atoms with Gasteiger partial charge in [0.15, 0.2) is 0 Å². The molecule has 10 heteroatoms. The monoisotopic (exact) mass is 367 g/mol. The summed E-state index contributed by atoms with van der Waals surface area (Å²) in [6, 6.07) is -1.30. The average molecular weight is 368 g/mol. The summed E-state index contributed by atoms with van der Waals surface area (Å²) in [4.78, 5) is 11.2. The van der Waals surface area contributed by atoms with Gasteiger partial charge < -0.3 is 10.5 Å². The van der Waals surface area contributed by atoms with Crippen molar-refractivity contribution in [3.63, 3.8) is 0 Å². The van der Waals surface area contributed by atoms with Crippen molar-refractivity contribution >= 4 is 30.0 Å². The van der Waals surface area contributed by atoms with Gasteiger partial charge in [-0.05, 0) is 19.1 Å². The van der Waals surface area contributed by atoms with Crippen LogP contribution in [0.3, 0.4) is 0 Å². The summed E-state index contributed by atoms with van der Waals surface area (Å²) in [5.41, 5.74) is 3.16. The molecule has 0 saturated heterocycles. The number of halogens is 7. The van der Waals surface area contributed by atoms with E-state index >= 15 is 0 Å². The smallest absolute Gasteiger partial charge is 0.416 e. The van der Waals surface area contributed by atoms with Gasteiger partial charge in [-0.25, -0.2) is 13.6 Å². The molecule has 0 saturated carbocycles. The number of benzene rings is 1. The summed E-state index contributed by atoms with van der Waals surface area (Å²) >= 11 is 5.35. The molecule has 1 unspecified atom stereocenters. The van der Waals surface area contributed by atoms with Gasteiger partial charge in [0.25, 0.3) is 0 Å². The minimum atomic E-state index is -4.82. The van der Waals surface area contributed by atoms with Crippen molar-refractivity contribution in [2.75, 3.05) is 6.61 Å². The van der Waals surface area contributed by atoms with Gasteiger partial charge in [0.05, 0.1) is 23.2 Å². The molecule has 0 spiro atoms. The number of ether oxygens (including phenoxy) is 1. The summed E-state index contributed by atoms with van der Waals surface area (Å²) < 4.78 is 69.6. The van der Waals surface area contributed by atoms with Crippen molar-refractivity contribution < 1.29 is 31.5 Å². The first-order valence-corrected chi connectivity index (χ1v) is 6.09. The Kier molecular flexibility index (Phi) is 7.53. The van der Waals surface area contributed by atoms with E-state index in [0.717, 1.165) is 0 Å². The molecule has 0 aromatic heterocycles. The van der Waals surface area contributed by atoms with Crippen molar-refractivity contribution in [1.82, 2.24) is 0 Å². The van der Waals surface area contributed by atoms with E-state index < -0.39 is 46.3 Å². The average Bonchev–Trinajstić information content (AvgIpc) is 2.39. The summed E-state index contributed by atoms with van der Waals surface area (Å²) in [6.07, 6.45) is -7.33. The van der Waals surface area contributed by atoms with E-state index in [1.807, 2.05) is 0 Å². The number of carbonyl (C=O) groups excluding carboxylic acids is 1. The van der Waals surface area contributed by atoms with E-state index in [0.29, 0.717) is 12.1 Å². The molecule has 1 aromatic rings. The lowest BCUT2D eigenvalue weighted by molar-refractivity contribution is -0.149. The minimum Gasteiger partial charge on any atom is -0.464 e. The lowest BCUT2D eigenvalue weighted by atomic mass is 10.00. The Bertz CT molecular complexity index is 539. The molecule has 0 amide bonds. The number of carbonyl (C=O) groups is 1. The number of nitrogens with two attached hydrogens (primary N) is 1. The molecule has 1 aromatic carbocycles. The standard InChI is InChI=1S/C12H11ClF5NO2.ClH/c1-2-21-11(20)9(15)10(19)6-3-5(12(16,17)18)4-7(13)8(6)14;/h3-4,9-10H,2,19H2,1H3;1H/t9?,10-;/m0./s1. The van der Waals surface area contributed by atoms with Gasteiger partial charge in [-0.2, -0.15) is 13.2 Å². The van der Waals surface area contributed by atoms with Gasteiger partial charge in [-0.1, -0.05) is 11.6 Å². The van der Waals surface area contributed by atoms with Gasteiger partial charge in [-0.15, -0.1) is 12.4 Å². The molecule has 1 rings (SSSR count). The number of esters is 1. The van der Waals surface area contributed by atoms with E-state index in [2.05, 4.69) is 4.74 Å². The maximum Gasteiger partial charge on any atom is 0.416 e. The van der Waals surface area contributed by atoms with E-state index in [4.69, 9.17) is 17.3 Å². The van der Waals surface area contributed by atoms with Crippen molar-refractivity contribution in [3.05, 3.63) is 34.1 Å². The third-order valence-electron chi connectivity index (χ3n) is 2.57. The second-order valence-electron chi connectivity index (χ2n) is 4.04. The molecule has 0 radical (unpaired) electrons. The quantitative estimate of drug-likeness (QED) is 0.650. The van der Waals surface area contributed by atoms with Crippen molar-refractivity contribution in [2.24, 2.45) is 5.73 Å². The van der Waals surface area contributed by atoms with Gasteiger partial charge in [0.2, 0.25) is 6.17 Å². The zero-order chi connectivity index (χ0) is 16.4. The number of alkyl halides is 4. The highest BCUT2D eigenvalue weighted by molar-refractivity contribution is 6.30. The molecule has 0 bridgehead atoms. The largest absolute Gasteiger partial charge is 0.464 e. The Hall–Kier alpha value is -1.12. The highest BCUT2D eigenvalue weighted by Gasteiger charge is 2.36. The Morgan fingerprint density at radius 2 is 1.95 bits per heavy atom. The first-order valence-electron chi connectivity index (χ1n) is 5.72. The van der Waals surface area contributed by atoms with Crippen LogP contribution < -0.4 is 5.73 Å². The molecule has 0 aliphatic carbocycles. The summed E-state index contributed by atoms with van der Waals surface area (Å²) in [6.45, 7) is 1.25. The van der Waals surface area contributed by atoms with E-state index in [1.54, 1.807) is 0 Å².